The topological polar surface area (TPSA) is 75.6 Å². The van der Waals surface area contributed by atoms with Crippen LogP contribution in [0.25, 0.3) is 0 Å². The van der Waals surface area contributed by atoms with Crippen molar-refractivity contribution in [3.05, 3.63) is 53.5 Å². The number of aryl methyl sites for hydroxylation is 1. The highest BCUT2D eigenvalue weighted by Gasteiger charge is 2.47. The summed E-state index contributed by atoms with van der Waals surface area (Å²) in [5.41, 5.74) is 1.98. The molecule has 0 aliphatic carbocycles. The third-order valence-corrected chi connectivity index (χ3v) is 5.09. The van der Waals surface area contributed by atoms with E-state index in [1.807, 2.05) is 17.9 Å². The highest BCUT2D eigenvalue weighted by molar-refractivity contribution is 5.97. The maximum absolute atomic E-state index is 12.9. The maximum atomic E-state index is 12.9. The van der Waals surface area contributed by atoms with Crippen LogP contribution in [0.3, 0.4) is 0 Å². The average molecular weight is 352 g/mol. The number of amides is 1. The van der Waals surface area contributed by atoms with Crippen molar-refractivity contribution in [3.8, 4) is 0 Å². The van der Waals surface area contributed by atoms with E-state index in [-0.39, 0.29) is 18.0 Å². The normalized spacial score (nSPS) is 21.2. The second-order valence-electron chi connectivity index (χ2n) is 6.75. The second-order valence-corrected chi connectivity index (χ2v) is 6.75. The molecule has 3 saturated heterocycles. The largest absolute Gasteiger partial charge is 0.465 e. The first-order valence-electron chi connectivity index (χ1n) is 8.61. The molecule has 2 bridgehead atoms. The molecule has 0 spiro atoms. The summed E-state index contributed by atoms with van der Waals surface area (Å²) in [7, 11) is 1.34. The molecule has 0 radical (unpaired) electrons. The molecule has 5 rings (SSSR count). The van der Waals surface area contributed by atoms with Crippen LogP contribution in [0.5, 0.6) is 0 Å². The summed E-state index contributed by atoms with van der Waals surface area (Å²) in [6.45, 7) is 3.50. The lowest BCUT2D eigenvalue weighted by Crippen LogP contribution is -2.70. The highest BCUT2D eigenvalue weighted by atomic mass is 16.5. The fourth-order valence-electron chi connectivity index (χ4n) is 3.76. The van der Waals surface area contributed by atoms with Gasteiger partial charge in [0.1, 0.15) is 12.1 Å². The van der Waals surface area contributed by atoms with Crippen molar-refractivity contribution in [2.75, 3.05) is 25.1 Å². The van der Waals surface area contributed by atoms with Crippen LogP contribution >= 0.6 is 0 Å². The Bertz CT molecular complexity index is 840. The van der Waals surface area contributed by atoms with Crippen LogP contribution in [0.15, 0.2) is 36.7 Å². The minimum Gasteiger partial charge on any atom is -0.465 e. The monoisotopic (exact) mass is 352 g/mol. The van der Waals surface area contributed by atoms with Gasteiger partial charge in [0.15, 0.2) is 0 Å². The number of benzene rings is 1. The standard InChI is InChI=1S/C19H20N4O3/c1-12-7-17(21-11-20-12)22-9-15-8-16(10-22)23(15)18(24)13-3-5-14(6-4-13)19(25)26-2/h3-7,11,15-16H,8-10H2,1-2H3. The van der Waals surface area contributed by atoms with E-state index in [0.29, 0.717) is 11.1 Å². The van der Waals surface area contributed by atoms with Crippen molar-refractivity contribution in [2.24, 2.45) is 0 Å². The van der Waals surface area contributed by atoms with Crippen LogP contribution < -0.4 is 4.90 Å². The molecule has 1 aromatic heterocycles. The number of nitrogens with zero attached hydrogens (tertiary/aromatic N) is 4. The fraction of sp³-hybridized carbons (Fsp3) is 0.368. The number of piperazine rings is 1. The summed E-state index contributed by atoms with van der Waals surface area (Å²) >= 11 is 0. The SMILES string of the molecule is COC(=O)c1ccc(C(=O)N2C3CC2CN(c2cc(C)ncn2)C3)cc1. The van der Waals surface area contributed by atoms with Gasteiger partial charge in [-0.1, -0.05) is 0 Å². The first-order valence-corrected chi connectivity index (χ1v) is 8.61. The molecular weight excluding hydrogens is 332 g/mol. The number of methoxy groups -OCH3 is 1. The van der Waals surface area contributed by atoms with Crippen LogP contribution in [0.1, 0.15) is 32.8 Å². The van der Waals surface area contributed by atoms with Crippen molar-refractivity contribution in [2.45, 2.75) is 25.4 Å². The van der Waals surface area contributed by atoms with Crippen LogP contribution in [-0.4, -0.2) is 59.0 Å². The zero-order valence-corrected chi connectivity index (χ0v) is 14.8. The third-order valence-electron chi connectivity index (χ3n) is 5.09. The number of carbonyl (C=O) groups is 2. The predicted octanol–water partition coefficient (Wildman–Crippen LogP) is 1.67. The van der Waals surface area contributed by atoms with E-state index in [1.54, 1.807) is 30.6 Å². The molecule has 7 heteroatoms. The van der Waals surface area contributed by atoms with Gasteiger partial charge in [0.25, 0.3) is 5.91 Å². The Morgan fingerprint density at radius 3 is 2.35 bits per heavy atom. The molecule has 3 aliphatic heterocycles. The van der Waals surface area contributed by atoms with Gasteiger partial charge in [-0.2, -0.15) is 0 Å². The van der Waals surface area contributed by atoms with E-state index in [0.717, 1.165) is 31.0 Å². The van der Waals surface area contributed by atoms with Crippen molar-refractivity contribution in [1.29, 1.82) is 0 Å². The molecule has 4 heterocycles. The molecule has 3 aliphatic rings. The minimum absolute atomic E-state index is 0.0150. The number of hydrogen-bond donors (Lipinski definition) is 0. The van der Waals surface area contributed by atoms with Crippen LogP contribution in [0.4, 0.5) is 5.82 Å². The molecule has 2 unspecified atom stereocenters. The van der Waals surface area contributed by atoms with Crippen molar-refractivity contribution < 1.29 is 14.3 Å². The first-order chi connectivity index (χ1) is 12.6. The van der Waals surface area contributed by atoms with Crippen molar-refractivity contribution in [3.63, 3.8) is 0 Å². The maximum Gasteiger partial charge on any atom is 0.337 e. The number of rotatable bonds is 3. The van der Waals surface area contributed by atoms with Gasteiger partial charge in [0.05, 0.1) is 24.8 Å². The Kier molecular flexibility index (Phi) is 4.06. The van der Waals surface area contributed by atoms with Gasteiger partial charge in [0, 0.05) is 30.4 Å². The lowest BCUT2D eigenvalue weighted by Gasteiger charge is -2.56. The van der Waals surface area contributed by atoms with E-state index in [1.165, 1.54) is 7.11 Å². The summed E-state index contributed by atoms with van der Waals surface area (Å²) in [5, 5.41) is 0. The number of esters is 1. The summed E-state index contributed by atoms with van der Waals surface area (Å²) in [6.07, 6.45) is 2.60. The Morgan fingerprint density at radius 2 is 1.73 bits per heavy atom. The molecule has 0 saturated carbocycles. The summed E-state index contributed by atoms with van der Waals surface area (Å²) in [5.74, 6) is 0.531. The number of anilines is 1. The second kappa shape index (κ2) is 6.40. The number of hydrogen-bond acceptors (Lipinski definition) is 6. The number of ether oxygens (including phenoxy) is 1. The summed E-state index contributed by atoms with van der Waals surface area (Å²) in [4.78, 5) is 37.0. The van der Waals surface area contributed by atoms with Crippen molar-refractivity contribution in [1.82, 2.24) is 14.9 Å². The molecule has 1 aromatic carbocycles. The van der Waals surface area contributed by atoms with Crippen LogP contribution in [0, 0.1) is 6.92 Å². The van der Waals surface area contributed by atoms with E-state index in [9.17, 15) is 9.59 Å². The van der Waals surface area contributed by atoms with Gasteiger partial charge < -0.3 is 14.5 Å². The number of fused-ring (bicyclic) bond motifs is 2. The van der Waals surface area contributed by atoms with Gasteiger partial charge in [-0.05, 0) is 37.6 Å². The van der Waals surface area contributed by atoms with E-state index in [2.05, 4.69) is 19.6 Å². The molecule has 134 valence electrons. The summed E-state index contributed by atoms with van der Waals surface area (Å²) < 4.78 is 4.69. The Labute approximate surface area is 151 Å². The van der Waals surface area contributed by atoms with Gasteiger partial charge in [-0.25, -0.2) is 14.8 Å². The number of piperidine rings is 1. The quantitative estimate of drug-likeness (QED) is 0.783. The molecular formula is C19H20N4O3. The Morgan fingerprint density at radius 1 is 1.08 bits per heavy atom. The lowest BCUT2D eigenvalue weighted by molar-refractivity contribution is 0.00573. The van der Waals surface area contributed by atoms with E-state index < -0.39 is 5.97 Å². The Balaban J connectivity index is 1.46. The predicted molar refractivity (Wildman–Crippen MR) is 95.1 cm³/mol. The third kappa shape index (κ3) is 2.79. The number of carbonyl (C=O) groups excluding carboxylic acids is 2. The Hall–Kier alpha value is -2.96. The highest BCUT2D eigenvalue weighted by Crippen LogP contribution is 2.35. The smallest absolute Gasteiger partial charge is 0.337 e. The molecule has 2 atom stereocenters. The first kappa shape index (κ1) is 16.5. The van der Waals surface area contributed by atoms with Gasteiger partial charge in [-0.15, -0.1) is 0 Å². The molecule has 0 N–H and O–H groups in total. The lowest BCUT2D eigenvalue weighted by atomic mass is 9.86. The molecule has 26 heavy (non-hydrogen) atoms. The zero-order valence-electron chi connectivity index (χ0n) is 14.8. The van der Waals surface area contributed by atoms with Gasteiger partial charge in [0.2, 0.25) is 0 Å². The number of aromatic nitrogens is 2. The fourth-order valence-corrected chi connectivity index (χ4v) is 3.76. The van der Waals surface area contributed by atoms with Gasteiger partial charge >= 0.3 is 5.97 Å². The minimum atomic E-state index is -0.402. The van der Waals surface area contributed by atoms with Crippen molar-refractivity contribution >= 4 is 17.7 Å². The van der Waals surface area contributed by atoms with Crippen LogP contribution in [0.2, 0.25) is 0 Å². The van der Waals surface area contributed by atoms with Crippen LogP contribution in [-0.2, 0) is 4.74 Å². The molecule has 1 amide bonds. The van der Waals surface area contributed by atoms with E-state index >= 15 is 0 Å². The summed E-state index contributed by atoms with van der Waals surface area (Å²) in [6, 6.07) is 8.99. The zero-order chi connectivity index (χ0) is 18.3. The molecule has 3 fully saturated rings. The average Bonchev–Trinajstić information content (AvgIpc) is 2.67. The van der Waals surface area contributed by atoms with Gasteiger partial charge in [-0.3, -0.25) is 4.79 Å². The molecule has 7 nitrogen and oxygen atoms in total. The van der Waals surface area contributed by atoms with E-state index in [4.69, 9.17) is 0 Å². The molecule has 2 aromatic rings.